The highest BCUT2D eigenvalue weighted by Crippen LogP contribution is 2.13. The molecule has 1 unspecified atom stereocenters. The number of aliphatic imine (C=N–C) groups is 1. The van der Waals surface area contributed by atoms with Crippen LogP contribution in [0.4, 0.5) is 0 Å². The van der Waals surface area contributed by atoms with Crippen LogP contribution in [0, 0.1) is 0 Å². The molecule has 1 N–H and O–H groups in total. The van der Waals surface area contributed by atoms with Gasteiger partial charge in [-0.3, -0.25) is 9.89 Å². The second-order valence-electron chi connectivity index (χ2n) is 7.31. The Hall–Kier alpha value is -1.59. The zero-order chi connectivity index (χ0) is 19.0. The average Bonchev–Trinajstić information content (AvgIpc) is 3.49. The number of rotatable bonds is 7. The van der Waals surface area contributed by atoms with Gasteiger partial charge in [0.05, 0.1) is 24.6 Å². The molecule has 160 valence electrons. The van der Waals surface area contributed by atoms with Gasteiger partial charge in [-0.25, -0.2) is 0 Å². The van der Waals surface area contributed by atoms with Crippen LogP contribution in [-0.4, -0.2) is 72.9 Å². The van der Waals surface area contributed by atoms with Crippen molar-refractivity contribution in [2.24, 2.45) is 4.99 Å². The standard InChI is InChI=1S/C20H29N5O3.HI/c1-3-18(26-12-1)5-7-21-20(22-15-19-4-2-13-27-19)25-10-8-24(9-11-25)16-17-6-14-28-23-17;/h1,3,6,12,14,19H,2,4-5,7-11,13,15-16H2,(H,21,22);1H. The van der Waals surface area contributed by atoms with Gasteiger partial charge >= 0.3 is 0 Å². The molecule has 0 spiro atoms. The molecule has 29 heavy (non-hydrogen) atoms. The summed E-state index contributed by atoms with van der Waals surface area (Å²) in [5, 5.41) is 7.54. The van der Waals surface area contributed by atoms with Gasteiger partial charge in [0.1, 0.15) is 12.0 Å². The topological polar surface area (TPSA) is 79.3 Å². The van der Waals surface area contributed by atoms with Crippen LogP contribution in [-0.2, 0) is 17.7 Å². The molecule has 2 fully saturated rings. The van der Waals surface area contributed by atoms with Crippen molar-refractivity contribution in [3.63, 3.8) is 0 Å². The van der Waals surface area contributed by atoms with Gasteiger partial charge in [-0.2, -0.15) is 0 Å². The van der Waals surface area contributed by atoms with Gasteiger partial charge in [0.25, 0.3) is 0 Å². The molecule has 0 aromatic carbocycles. The Kier molecular flexibility index (Phi) is 8.81. The lowest BCUT2D eigenvalue weighted by Gasteiger charge is -2.36. The molecule has 2 aliphatic heterocycles. The maximum Gasteiger partial charge on any atom is 0.194 e. The van der Waals surface area contributed by atoms with Crippen molar-refractivity contribution >= 4 is 29.9 Å². The zero-order valence-corrected chi connectivity index (χ0v) is 19.0. The summed E-state index contributed by atoms with van der Waals surface area (Å²) in [6, 6.07) is 5.86. The molecule has 2 aromatic rings. The molecule has 2 saturated heterocycles. The summed E-state index contributed by atoms with van der Waals surface area (Å²) in [6.45, 7) is 7.06. The Bertz CT molecular complexity index is 709. The predicted octanol–water partition coefficient (Wildman–Crippen LogP) is 2.37. The number of nitrogens with one attached hydrogen (secondary N) is 1. The van der Waals surface area contributed by atoms with Crippen molar-refractivity contribution in [1.29, 1.82) is 0 Å². The minimum absolute atomic E-state index is 0. The lowest BCUT2D eigenvalue weighted by Crippen LogP contribution is -2.52. The second kappa shape index (κ2) is 11.6. The van der Waals surface area contributed by atoms with Crippen LogP contribution in [0.25, 0.3) is 0 Å². The van der Waals surface area contributed by atoms with Crippen LogP contribution in [0.2, 0.25) is 0 Å². The van der Waals surface area contributed by atoms with E-state index >= 15 is 0 Å². The lowest BCUT2D eigenvalue weighted by molar-refractivity contribution is 0.117. The highest BCUT2D eigenvalue weighted by molar-refractivity contribution is 14.0. The maximum absolute atomic E-state index is 5.74. The number of piperazine rings is 1. The smallest absolute Gasteiger partial charge is 0.194 e. The molecule has 0 bridgehead atoms. The average molecular weight is 515 g/mol. The van der Waals surface area contributed by atoms with E-state index in [-0.39, 0.29) is 30.1 Å². The molecule has 8 nitrogen and oxygen atoms in total. The summed E-state index contributed by atoms with van der Waals surface area (Å²) < 4.78 is 16.1. The van der Waals surface area contributed by atoms with E-state index in [0.29, 0.717) is 0 Å². The lowest BCUT2D eigenvalue weighted by atomic mass is 10.2. The first-order chi connectivity index (χ1) is 13.9. The number of halogens is 1. The van der Waals surface area contributed by atoms with Gasteiger partial charge < -0.3 is 23.9 Å². The Morgan fingerprint density at radius 3 is 2.79 bits per heavy atom. The van der Waals surface area contributed by atoms with Crippen molar-refractivity contribution < 1.29 is 13.7 Å². The summed E-state index contributed by atoms with van der Waals surface area (Å²) in [7, 11) is 0. The molecule has 0 radical (unpaired) electrons. The van der Waals surface area contributed by atoms with E-state index < -0.39 is 0 Å². The van der Waals surface area contributed by atoms with Crippen molar-refractivity contribution in [3.8, 4) is 0 Å². The first-order valence-corrected chi connectivity index (χ1v) is 10.2. The molecule has 2 aromatic heterocycles. The monoisotopic (exact) mass is 515 g/mol. The van der Waals surface area contributed by atoms with Crippen molar-refractivity contribution in [2.45, 2.75) is 31.9 Å². The quantitative estimate of drug-likeness (QED) is 0.345. The number of aromatic nitrogens is 1. The fourth-order valence-corrected chi connectivity index (χ4v) is 3.66. The number of guanidine groups is 1. The Morgan fingerprint density at radius 2 is 2.10 bits per heavy atom. The summed E-state index contributed by atoms with van der Waals surface area (Å²) in [4.78, 5) is 9.62. The minimum atomic E-state index is 0. The van der Waals surface area contributed by atoms with E-state index in [1.165, 1.54) is 0 Å². The Morgan fingerprint density at radius 1 is 1.21 bits per heavy atom. The van der Waals surface area contributed by atoms with Crippen LogP contribution in [0.15, 0.2) is 44.7 Å². The second-order valence-corrected chi connectivity index (χ2v) is 7.31. The Labute approximate surface area is 188 Å². The number of hydrogen-bond acceptors (Lipinski definition) is 6. The molecular weight excluding hydrogens is 485 g/mol. The van der Waals surface area contributed by atoms with E-state index in [0.717, 1.165) is 89.1 Å². The highest BCUT2D eigenvalue weighted by Gasteiger charge is 2.21. The van der Waals surface area contributed by atoms with Crippen molar-refractivity contribution in [3.05, 3.63) is 42.2 Å². The molecule has 9 heteroatoms. The molecule has 0 saturated carbocycles. The van der Waals surface area contributed by atoms with E-state index in [1.807, 2.05) is 18.2 Å². The maximum atomic E-state index is 5.74. The minimum Gasteiger partial charge on any atom is -0.469 e. The van der Waals surface area contributed by atoms with Crippen LogP contribution >= 0.6 is 24.0 Å². The number of ether oxygens (including phenoxy) is 1. The zero-order valence-electron chi connectivity index (χ0n) is 16.7. The SMILES string of the molecule is I.c1coc(CCNC(=NCC2CCCO2)N2CCN(Cc3ccon3)CC2)c1. The van der Waals surface area contributed by atoms with Gasteiger partial charge in [0, 0.05) is 58.4 Å². The third-order valence-electron chi connectivity index (χ3n) is 5.25. The van der Waals surface area contributed by atoms with E-state index in [4.69, 9.17) is 18.7 Å². The van der Waals surface area contributed by atoms with E-state index in [1.54, 1.807) is 12.5 Å². The Balaban J connectivity index is 0.00000240. The van der Waals surface area contributed by atoms with E-state index in [9.17, 15) is 0 Å². The first kappa shape index (κ1) is 22.1. The van der Waals surface area contributed by atoms with E-state index in [2.05, 4.69) is 20.3 Å². The number of furan rings is 1. The normalized spacial score (nSPS) is 20.6. The third kappa shape index (κ3) is 6.71. The summed E-state index contributed by atoms with van der Waals surface area (Å²) >= 11 is 0. The fourth-order valence-electron chi connectivity index (χ4n) is 3.66. The number of nitrogens with zero attached hydrogens (tertiary/aromatic N) is 4. The number of hydrogen-bond donors (Lipinski definition) is 1. The van der Waals surface area contributed by atoms with Crippen LogP contribution < -0.4 is 5.32 Å². The van der Waals surface area contributed by atoms with Crippen LogP contribution in [0.1, 0.15) is 24.3 Å². The van der Waals surface area contributed by atoms with Crippen LogP contribution in [0.3, 0.4) is 0 Å². The largest absolute Gasteiger partial charge is 0.469 e. The van der Waals surface area contributed by atoms with Gasteiger partial charge in [-0.15, -0.1) is 24.0 Å². The van der Waals surface area contributed by atoms with Gasteiger partial charge in [0.15, 0.2) is 5.96 Å². The predicted molar refractivity (Wildman–Crippen MR) is 120 cm³/mol. The van der Waals surface area contributed by atoms with Crippen molar-refractivity contribution in [1.82, 2.24) is 20.3 Å². The summed E-state index contributed by atoms with van der Waals surface area (Å²) in [6.07, 6.45) is 6.70. The first-order valence-electron chi connectivity index (χ1n) is 10.2. The summed E-state index contributed by atoms with van der Waals surface area (Å²) in [5.41, 5.74) is 0.984. The fraction of sp³-hybridized carbons (Fsp3) is 0.600. The molecule has 1 atom stereocenters. The molecule has 2 aliphatic rings. The highest BCUT2D eigenvalue weighted by atomic mass is 127. The van der Waals surface area contributed by atoms with Gasteiger partial charge in [-0.05, 0) is 25.0 Å². The molecule has 4 rings (SSSR count). The third-order valence-corrected chi connectivity index (χ3v) is 5.25. The molecular formula is C20H30IN5O3. The molecule has 4 heterocycles. The van der Waals surface area contributed by atoms with Gasteiger partial charge in [0.2, 0.25) is 0 Å². The molecule has 0 amide bonds. The molecule has 0 aliphatic carbocycles. The van der Waals surface area contributed by atoms with Gasteiger partial charge in [-0.1, -0.05) is 5.16 Å². The van der Waals surface area contributed by atoms with Crippen LogP contribution in [0.5, 0.6) is 0 Å². The summed E-state index contributed by atoms with van der Waals surface area (Å²) in [5.74, 6) is 1.96. The van der Waals surface area contributed by atoms with Crippen molar-refractivity contribution in [2.75, 3.05) is 45.9 Å².